The molecule has 2 rings (SSSR count). The first-order chi connectivity index (χ1) is 8.16. The van der Waals surface area contributed by atoms with E-state index in [2.05, 4.69) is 5.32 Å². The maximum atomic E-state index is 6.13. The van der Waals surface area contributed by atoms with Crippen LogP contribution in [0.4, 0.5) is 5.69 Å². The molecule has 2 nitrogen and oxygen atoms in total. The van der Waals surface area contributed by atoms with Gasteiger partial charge >= 0.3 is 0 Å². The number of rotatable bonds is 3. The molecule has 0 spiro atoms. The number of anilines is 1. The van der Waals surface area contributed by atoms with Crippen molar-refractivity contribution in [3.63, 3.8) is 0 Å². The van der Waals surface area contributed by atoms with E-state index in [1.807, 2.05) is 18.2 Å². The normalized spacial score (nSPS) is 16.8. The molecule has 0 aromatic heterocycles. The summed E-state index contributed by atoms with van der Waals surface area (Å²) in [6, 6.07) is 6.37. The van der Waals surface area contributed by atoms with E-state index in [0.717, 1.165) is 11.3 Å². The molecule has 1 fully saturated rings. The average Bonchev–Trinajstić information content (AvgIpc) is 2.30. The Hall–Kier alpha value is -0.800. The molecule has 4 heteroatoms. The van der Waals surface area contributed by atoms with Crippen molar-refractivity contribution in [2.24, 2.45) is 5.73 Å². The second-order valence-corrected chi connectivity index (χ2v) is 5.39. The SMILES string of the molecule is NC(=S)c1ccc(NC2CCCCC2)cc1Cl. The lowest BCUT2D eigenvalue weighted by Crippen LogP contribution is -2.22. The Balaban J connectivity index is 2.06. The number of nitrogens with two attached hydrogens (primary N) is 1. The molecule has 1 saturated carbocycles. The van der Waals surface area contributed by atoms with E-state index < -0.39 is 0 Å². The summed E-state index contributed by atoms with van der Waals surface area (Å²) in [7, 11) is 0. The van der Waals surface area contributed by atoms with Crippen LogP contribution >= 0.6 is 23.8 Å². The highest BCUT2D eigenvalue weighted by Crippen LogP contribution is 2.25. The zero-order valence-electron chi connectivity index (χ0n) is 9.71. The van der Waals surface area contributed by atoms with Gasteiger partial charge in [-0.2, -0.15) is 0 Å². The van der Waals surface area contributed by atoms with E-state index in [0.29, 0.717) is 16.1 Å². The van der Waals surface area contributed by atoms with Gasteiger partial charge in [0.2, 0.25) is 0 Å². The van der Waals surface area contributed by atoms with Gasteiger partial charge in [0.15, 0.2) is 0 Å². The van der Waals surface area contributed by atoms with Gasteiger partial charge in [-0.3, -0.25) is 0 Å². The molecule has 92 valence electrons. The van der Waals surface area contributed by atoms with Crippen LogP contribution in [0.1, 0.15) is 37.7 Å². The smallest absolute Gasteiger partial charge is 0.105 e. The summed E-state index contributed by atoms with van der Waals surface area (Å²) >= 11 is 11.1. The maximum absolute atomic E-state index is 6.13. The number of hydrogen-bond donors (Lipinski definition) is 2. The number of benzene rings is 1. The highest BCUT2D eigenvalue weighted by atomic mass is 35.5. The molecule has 0 bridgehead atoms. The van der Waals surface area contributed by atoms with Crippen molar-refractivity contribution < 1.29 is 0 Å². The molecule has 0 unspecified atom stereocenters. The molecule has 3 N–H and O–H groups in total. The minimum Gasteiger partial charge on any atom is -0.389 e. The van der Waals surface area contributed by atoms with E-state index in [1.54, 1.807) is 0 Å². The van der Waals surface area contributed by atoms with Crippen molar-refractivity contribution in [3.8, 4) is 0 Å². The second kappa shape index (κ2) is 5.69. The van der Waals surface area contributed by atoms with Gasteiger partial charge in [-0.25, -0.2) is 0 Å². The molecule has 1 aromatic carbocycles. The molecule has 0 heterocycles. The molecule has 0 saturated heterocycles. The summed E-state index contributed by atoms with van der Waals surface area (Å²) in [5, 5.41) is 4.14. The van der Waals surface area contributed by atoms with E-state index in [9.17, 15) is 0 Å². The Morgan fingerprint density at radius 1 is 1.29 bits per heavy atom. The van der Waals surface area contributed by atoms with Crippen molar-refractivity contribution in [2.45, 2.75) is 38.1 Å². The molecular weight excluding hydrogens is 252 g/mol. The number of halogens is 1. The summed E-state index contributed by atoms with van der Waals surface area (Å²) < 4.78 is 0. The first-order valence-electron chi connectivity index (χ1n) is 6.02. The summed E-state index contributed by atoms with van der Waals surface area (Å²) in [5.74, 6) is 0. The van der Waals surface area contributed by atoms with E-state index >= 15 is 0 Å². The highest BCUT2D eigenvalue weighted by Gasteiger charge is 2.13. The largest absolute Gasteiger partial charge is 0.389 e. The van der Waals surface area contributed by atoms with Crippen LogP contribution in [-0.2, 0) is 0 Å². The first-order valence-corrected chi connectivity index (χ1v) is 6.81. The Labute approximate surface area is 113 Å². The Morgan fingerprint density at radius 2 is 2.00 bits per heavy atom. The lowest BCUT2D eigenvalue weighted by atomic mass is 9.95. The van der Waals surface area contributed by atoms with Crippen molar-refractivity contribution in [2.75, 3.05) is 5.32 Å². The van der Waals surface area contributed by atoms with Crippen LogP contribution in [-0.4, -0.2) is 11.0 Å². The Morgan fingerprint density at radius 3 is 2.59 bits per heavy atom. The molecule has 0 aliphatic heterocycles. The molecule has 1 aliphatic rings. The number of hydrogen-bond acceptors (Lipinski definition) is 2. The zero-order chi connectivity index (χ0) is 12.3. The Kier molecular flexibility index (Phi) is 4.24. The fourth-order valence-corrected chi connectivity index (χ4v) is 2.80. The van der Waals surface area contributed by atoms with Gasteiger partial charge < -0.3 is 11.1 Å². The first kappa shape index (κ1) is 12.7. The van der Waals surface area contributed by atoms with Gasteiger partial charge in [-0.1, -0.05) is 43.1 Å². The molecule has 1 aliphatic carbocycles. The zero-order valence-corrected chi connectivity index (χ0v) is 11.3. The van der Waals surface area contributed by atoms with Gasteiger partial charge in [0, 0.05) is 17.3 Å². The van der Waals surface area contributed by atoms with Gasteiger partial charge in [0.05, 0.1) is 5.02 Å². The van der Waals surface area contributed by atoms with Crippen LogP contribution in [0, 0.1) is 0 Å². The topological polar surface area (TPSA) is 38.0 Å². The van der Waals surface area contributed by atoms with Gasteiger partial charge in [0.25, 0.3) is 0 Å². The van der Waals surface area contributed by atoms with Crippen molar-refractivity contribution in [1.82, 2.24) is 0 Å². The predicted molar refractivity (Wildman–Crippen MR) is 77.8 cm³/mol. The van der Waals surface area contributed by atoms with E-state index in [-0.39, 0.29) is 0 Å². The fraction of sp³-hybridized carbons (Fsp3) is 0.462. The minimum absolute atomic E-state index is 0.346. The van der Waals surface area contributed by atoms with Gasteiger partial charge in [0.1, 0.15) is 4.99 Å². The molecule has 17 heavy (non-hydrogen) atoms. The standard InChI is InChI=1S/C13H17ClN2S/c14-12-8-10(6-7-11(12)13(15)17)16-9-4-2-1-3-5-9/h6-9,16H,1-5H2,(H2,15,17). The molecule has 0 atom stereocenters. The van der Waals surface area contributed by atoms with E-state index in [1.165, 1.54) is 32.1 Å². The summed E-state index contributed by atoms with van der Waals surface area (Å²) in [6.45, 7) is 0. The quantitative estimate of drug-likeness (QED) is 0.821. The third kappa shape index (κ3) is 3.33. The van der Waals surface area contributed by atoms with Gasteiger partial charge in [-0.05, 0) is 31.0 Å². The van der Waals surface area contributed by atoms with Crippen molar-refractivity contribution in [3.05, 3.63) is 28.8 Å². The lowest BCUT2D eigenvalue weighted by molar-refractivity contribution is 0.463. The Bertz CT molecular complexity index is 414. The van der Waals surface area contributed by atoms with Crippen LogP contribution in [0.15, 0.2) is 18.2 Å². The van der Waals surface area contributed by atoms with Crippen molar-refractivity contribution >= 4 is 34.5 Å². The maximum Gasteiger partial charge on any atom is 0.105 e. The van der Waals surface area contributed by atoms with Crippen LogP contribution in [0.5, 0.6) is 0 Å². The monoisotopic (exact) mass is 268 g/mol. The van der Waals surface area contributed by atoms with Crippen LogP contribution < -0.4 is 11.1 Å². The van der Waals surface area contributed by atoms with Crippen LogP contribution in [0.2, 0.25) is 5.02 Å². The van der Waals surface area contributed by atoms with Crippen molar-refractivity contribution in [1.29, 1.82) is 0 Å². The third-order valence-corrected chi connectivity index (χ3v) is 3.74. The van der Waals surface area contributed by atoms with E-state index in [4.69, 9.17) is 29.6 Å². The highest BCUT2D eigenvalue weighted by molar-refractivity contribution is 7.80. The van der Waals surface area contributed by atoms with Crippen LogP contribution in [0.25, 0.3) is 0 Å². The number of nitrogens with one attached hydrogen (secondary N) is 1. The summed E-state index contributed by atoms with van der Waals surface area (Å²) in [6.07, 6.45) is 6.48. The van der Waals surface area contributed by atoms with Gasteiger partial charge in [-0.15, -0.1) is 0 Å². The minimum atomic E-state index is 0.346. The number of thiocarbonyl (C=S) groups is 1. The summed E-state index contributed by atoms with van der Waals surface area (Å²) in [4.78, 5) is 0.346. The molecular formula is C13H17ClN2S. The molecule has 1 aromatic rings. The summed E-state index contributed by atoms with van der Waals surface area (Å²) in [5.41, 5.74) is 7.38. The van der Waals surface area contributed by atoms with Crippen LogP contribution in [0.3, 0.4) is 0 Å². The third-order valence-electron chi connectivity index (χ3n) is 3.21. The molecule has 0 amide bonds. The average molecular weight is 269 g/mol. The fourth-order valence-electron chi connectivity index (χ4n) is 2.29. The lowest BCUT2D eigenvalue weighted by Gasteiger charge is -2.24. The predicted octanol–water partition coefficient (Wildman–Crippen LogP) is 3.72. The molecule has 0 radical (unpaired) electrons. The second-order valence-electron chi connectivity index (χ2n) is 4.54.